The van der Waals surface area contributed by atoms with Crippen LogP contribution in [0.1, 0.15) is 16.8 Å². The fraction of sp³-hybridized carbons (Fsp3) is 0.211. The number of carbonyl (C=O) groups is 1. The number of amides is 1. The number of benzene rings is 2. The third-order valence-electron chi connectivity index (χ3n) is 4.00. The molecule has 0 aliphatic heterocycles. The Morgan fingerprint density at radius 1 is 1.12 bits per heavy atom. The van der Waals surface area contributed by atoms with Crippen molar-refractivity contribution in [3.8, 4) is 11.3 Å². The molecule has 0 unspecified atom stereocenters. The van der Waals surface area contributed by atoms with Gasteiger partial charge in [-0.15, -0.1) is 0 Å². The normalized spacial score (nSPS) is 10.8. The Morgan fingerprint density at radius 2 is 1.80 bits per heavy atom. The van der Waals surface area contributed by atoms with Gasteiger partial charge in [-0.3, -0.25) is 9.59 Å². The van der Waals surface area contributed by atoms with Crippen molar-refractivity contribution in [3.63, 3.8) is 0 Å². The summed E-state index contributed by atoms with van der Waals surface area (Å²) in [6.45, 7) is 0.481. The van der Waals surface area contributed by atoms with Crippen LogP contribution in [0.4, 0.5) is 0 Å². The highest BCUT2D eigenvalue weighted by molar-refractivity contribution is 5.96. The minimum Gasteiger partial charge on any atom is -0.396 e. The van der Waals surface area contributed by atoms with E-state index in [0.717, 1.165) is 10.9 Å². The van der Waals surface area contributed by atoms with Gasteiger partial charge >= 0.3 is 0 Å². The van der Waals surface area contributed by atoms with Crippen molar-refractivity contribution in [1.82, 2.24) is 15.1 Å². The van der Waals surface area contributed by atoms with Crippen LogP contribution in [0.2, 0.25) is 0 Å². The Balaban J connectivity index is 1.96. The Labute approximate surface area is 144 Å². The zero-order chi connectivity index (χ0) is 17.8. The minimum atomic E-state index is -0.182. The Morgan fingerprint density at radius 3 is 2.48 bits per heavy atom. The van der Waals surface area contributed by atoms with E-state index in [2.05, 4.69) is 10.4 Å². The van der Waals surface area contributed by atoms with Crippen LogP contribution in [0.5, 0.6) is 0 Å². The molecule has 6 heteroatoms. The molecule has 0 atom stereocenters. The van der Waals surface area contributed by atoms with Crippen LogP contribution in [-0.4, -0.2) is 33.9 Å². The highest BCUT2D eigenvalue weighted by atomic mass is 16.3. The van der Waals surface area contributed by atoms with Gasteiger partial charge in [-0.2, -0.15) is 5.10 Å². The molecule has 25 heavy (non-hydrogen) atoms. The molecule has 128 valence electrons. The van der Waals surface area contributed by atoms with Crippen molar-refractivity contribution < 1.29 is 9.90 Å². The number of aryl methyl sites for hydroxylation is 1. The monoisotopic (exact) mass is 337 g/mol. The molecular weight excluding hydrogens is 318 g/mol. The summed E-state index contributed by atoms with van der Waals surface area (Å²) in [5.41, 5.74) is 1.93. The van der Waals surface area contributed by atoms with E-state index in [0.29, 0.717) is 29.6 Å². The number of fused-ring (bicyclic) bond motifs is 1. The molecule has 1 heterocycles. The third-order valence-corrected chi connectivity index (χ3v) is 4.00. The standard InChI is InChI=1S/C19H19N3O3/c1-22-19(25)16-6-3-2-5-15(16)17(21-22)13-7-9-14(10-8-13)18(24)20-11-4-12-23/h2-3,5-10,23H,4,11-12H2,1H3,(H,20,24). The van der Waals surface area contributed by atoms with Crippen LogP contribution in [0.15, 0.2) is 53.3 Å². The molecule has 1 amide bonds. The first-order valence-electron chi connectivity index (χ1n) is 8.07. The SMILES string of the molecule is Cn1nc(-c2ccc(C(=O)NCCCO)cc2)c2ccccc2c1=O. The second-order valence-corrected chi connectivity index (χ2v) is 5.73. The summed E-state index contributed by atoms with van der Waals surface area (Å²) in [5, 5.41) is 17.3. The lowest BCUT2D eigenvalue weighted by atomic mass is 10.0. The van der Waals surface area contributed by atoms with Gasteiger partial charge in [-0.25, -0.2) is 4.68 Å². The van der Waals surface area contributed by atoms with Crippen LogP contribution in [-0.2, 0) is 7.05 Å². The lowest BCUT2D eigenvalue weighted by molar-refractivity contribution is 0.0951. The van der Waals surface area contributed by atoms with Gasteiger partial charge in [0.05, 0.1) is 11.1 Å². The number of aliphatic hydroxyl groups is 1. The van der Waals surface area contributed by atoms with Crippen molar-refractivity contribution in [2.24, 2.45) is 7.05 Å². The van der Waals surface area contributed by atoms with E-state index >= 15 is 0 Å². The summed E-state index contributed by atoms with van der Waals surface area (Å²) in [7, 11) is 1.63. The maximum Gasteiger partial charge on any atom is 0.274 e. The van der Waals surface area contributed by atoms with E-state index in [-0.39, 0.29) is 18.1 Å². The van der Waals surface area contributed by atoms with Gasteiger partial charge in [0, 0.05) is 36.7 Å². The van der Waals surface area contributed by atoms with Crippen molar-refractivity contribution in [1.29, 1.82) is 0 Å². The molecule has 0 bridgehead atoms. The largest absolute Gasteiger partial charge is 0.396 e. The van der Waals surface area contributed by atoms with Crippen LogP contribution in [0.3, 0.4) is 0 Å². The third kappa shape index (κ3) is 3.44. The van der Waals surface area contributed by atoms with E-state index in [1.807, 2.05) is 30.3 Å². The number of aromatic nitrogens is 2. The summed E-state index contributed by atoms with van der Waals surface area (Å²) in [4.78, 5) is 24.2. The van der Waals surface area contributed by atoms with Crippen LogP contribution in [0, 0.1) is 0 Å². The predicted molar refractivity (Wildman–Crippen MR) is 96.5 cm³/mol. The molecule has 0 aliphatic rings. The van der Waals surface area contributed by atoms with Gasteiger partial charge in [0.25, 0.3) is 11.5 Å². The van der Waals surface area contributed by atoms with E-state index in [9.17, 15) is 9.59 Å². The van der Waals surface area contributed by atoms with Crippen LogP contribution < -0.4 is 10.9 Å². The molecule has 0 saturated heterocycles. The summed E-state index contributed by atoms with van der Waals surface area (Å²) in [5.74, 6) is -0.182. The lowest BCUT2D eigenvalue weighted by Gasteiger charge is -2.09. The number of hydrogen-bond donors (Lipinski definition) is 2. The summed E-state index contributed by atoms with van der Waals surface area (Å²) in [6.07, 6.45) is 0.526. The fourth-order valence-corrected chi connectivity index (χ4v) is 2.68. The second kappa shape index (κ2) is 7.27. The van der Waals surface area contributed by atoms with E-state index in [1.165, 1.54) is 4.68 Å². The number of nitrogens with one attached hydrogen (secondary N) is 1. The molecule has 0 spiro atoms. The Kier molecular flexibility index (Phi) is 4.90. The summed E-state index contributed by atoms with van der Waals surface area (Å²) < 4.78 is 1.33. The van der Waals surface area contributed by atoms with Gasteiger partial charge < -0.3 is 10.4 Å². The molecule has 1 aromatic heterocycles. The Bertz CT molecular complexity index is 962. The first-order valence-corrected chi connectivity index (χ1v) is 8.07. The molecule has 2 N–H and O–H groups in total. The molecule has 0 radical (unpaired) electrons. The number of hydrogen-bond acceptors (Lipinski definition) is 4. The van der Waals surface area contributed by atoms with E-state index in [4.69, 9.17) is 5.11 Å². The van der Waals surface area contributed by atoms with Crippen molar-refractivity contribution in [2.75, 3.05) is 13.2 Å². The smallest absolute Gasteiger partial charge is 0.274 e. The van der Waals surface area contributed by atoms with Crippen LogP contribution in [0.25, 0.3) is 22.0 Å². The topological polar surface area (TPSA) is 84.2 Å². The second-order valence-electron chi connectivity index (χ2n) is 5.73. The molecule has 3 rings (SSSR count). The van der Waals surface area contributed by atoms with Gasteiger partial charge in [-0.05, 0) is 24.6 Å². The highest BCUT2D eigenvalue weighted by Crippen LogP contribution is 2.24. The maximum atomic E-state index is 12.2. The molecule has 0 aliphatic carbocycles. The highest BCUT2D eigenvalue weighted by Gasteiger charge is 2.11. The van der Waals surface area contributed by atoms with E-state index < -0.39 is 0 Å². The minimum absolute atomic E-state index is 0.0463. The van der Waals surface area contributed by atoms with Crippen molar-refractivity contribution in [3.05, 3.63) is 64.4 Å². The summed E-state index contributed by atoms with van der Waals surface area (Å²) in [6, 6.07) is 14.4. The van der Waals surface area contributed by atoms with Crippen molar-refractivity contribution in [2.45, 2.75) is 6.42 Å². The fourth-order valence-electron chi connectivity index (χ4n) is 2.68. The first-order chi connectivity index (χ1) is 12.1. The molecular formula is C19H19N3O3. The molecule has 2 aromatic carbocycles. The number of carbonyl (C=O) groups excluding carboxylic acids is 1. The quantitative estimate of drug-likeness (QED) is 0.694. The van der Waals surface area contributed by atoms with Crippen LogP contribution >= 0.6 is 0 Å². The number of nitrogens with zero attached hydrogens (tertiary/aromatic N) is 2. The van der Waals surface area contributed by atoms with E-state index in [1.54, 1.807) is 25.2 Å². The Hall–Kier alpha value is -2.99. The zero-order valence-corrected chi connectivity index (χ0v) is 13.9. The molecule has 0 saturated carbocycles. The lowest BCUT2D eigenvalue weighted by Crippen LogP contribution is -2.24. The van der Waals surface area contributed by atoms with Gasteiger partial charge in [0.15, 0.2) is 0 Å². The maximum absolute atomic E-state index is 12.2. The van der Waals surface area contributed by atoms with Gasteiger partial charge in [-0.1, -0.05) is 30.3 Å². The number of rotatable bonds is 5. The first kappa shape index (κ1) is 16.9. The van der Waals surface area contributed by atoms with Gasteiger partial charge in [0.2, 0.25) is 0 Å². The molecule has 6 nitrogen and oxygen atoms in total. The summed E-state index contributed by atoms with van der Waals surface area (Å²) >= 11 is 0. The average Bonchev–Trinajstić information content (AvgIpc) is 2.65. The van der Waals surface area contributed by atoms with Crippen molar-refractivity contribution >= 4 is 16.7 Å². The predicted octanol–water partition coefficient (Wildman–Crippen LogP) is 1.71. The average molecular weight is 337 g/mol. The number of aliphatic hydroxyl groups excluding tert-OH is 1. The molecule has 3 aromatic rings. The zero-order valence-electron chi connectivity index (χ0n) is 13.9. The molecule has 0 fully saturated rings. The van der Waals surface area contributed by atoms with Gasteiger partial charge in [0.1, 0.15) is 0 Å².